The van der Waals surface area contributed by atoms with Crippen LogP contribution in [0.5, 0.6) is 0 Å². The van der Waals surface area contributed by atoms with Gasteiger partial charge in [-0.1, -0.05) is 12.8 Å². The molecule has 1 aliphatic heterocycles. The molecule has 2 aliphatic rings. The molecule has 0 spiro atoms. The standard InChI is InChI=1S/C13H20O4/c1-2-16-13(15)8-12-10(14)7-9-5-3-4-6-11(9)17-12/h9,11-12H,2-8H2,1H3/t9-,11+,12-/m0/s1. The Balaban J connectivity index is 1.90. The highest BCUT2D eigenvalue weighted by Gasteiger charge is 2.38. The molecule has 0 bridgehead atoms. The second-order valence-electron chi connectivity index (χ2n) is 4.89. The highest BCUT2D eigenvalue weighted by Crippen LogP contribution is 2.35. The van der Waals surface area contributed by atoms with E-state index in [4.69, 9.17) is 9.47 Å². The Kier molecular flexibility index (Phi) is 4.15. The SMILES string of the molecule is CCOC(=O)C[C@@H]1O[C@@H]2CCCC[C@H]2CC1=O. The number of ether oxygens (including phenoxy) is 2. The minimum absolute atomic E-state index is 0.0706. The molecule has 0 amide bonds. The molecular formula is C13H20O4. The summed E-state index contributed by atoms with van der Waals surface area (Å²) in [5.41, 5.74) is 0. The van der Waals surface area contributed by atoms with Crippen LogP contribution in [0.4, 0.5) is 0 Å². The van der Waals surface area contributed by atoms with Crippen LogP contribution in [0.3, 0.4) is 0 Å². The number of fused-ring (bicyclic) bond motifs is 1. The third-order valence-corrected chi connectivity index (χ3v) is 3.66. The number of ketones is 1. The van der Waals surface area contributed by atoms with E-state index in [-0.39, 0.29) is 24.3 Å². The molecular weight excluding hydrogens is 220 g/mol. The molecule has 0 aromatic rings. The van der Waals surface area contributed by atoms with Gasteiger partial charge in [0.15, 0.2) is 5.78 Å². The largest absolute Gasteiger partial charge is 0.466 e. The Labute approximate surface area is 102 Å². The normalized spacial score (nSPS) is 33.0. The predicted molar refractivity (Wildman–Crippen MR) is 61.5 cm³/mol. The van der Waals surface area contributed by atoms with Crippen LogP contribution in [0, 0.1) is 5.92 Å². The lowest BCUT2D eigenvalue weighted by atomic mass is 9.80. The van der Waals surface area contributed by atoms with E-state index in [1.165, 1.54) is 12.8 Å². The van der Waals surface area contributed by atoms with Gasteiger partial charge in [-0.05, 0) is 25.7 Å². The summed E-state index contributed by atoms with van der Waals surface area (Å²) in [5.74, 6) is 0.121. The predicted octanol–water partition coefficient (Wildman–Crippen LogP) is 1.86. The monoisotopic (exact) mass is 240 g/mol. The van der Waals surface area contributed by atoms with Crippen LogP contribution >= 0.6 is 0 Å². The van der Waals surface area contributed by atoms with Gasteiger partial charge >= 0.3 is 5.97 Å². The van der Waals surface area contributed by atoms with Crippen LogP contribution in [0.2, 0.25) is 0 Å². The average Bonchev–Trinajstić information content (AvgIpc) is 2.30. The number of rotatable bonds is 3. The Morgan fingerprint density at radius 2 is 2.18 bits per heavy atom. The van der Waals surface area contributed by atoms with Gasteiger partial charge in [0.2, 0.25) is 0 Å². The lowest BCUT2D eigenvalue weighted by molar-refractivity contribution is -0.163. The highest BCUT2D eigenvalue weighted by atomic mass is 16.5. The molecule has 0 aromatic carbocycles. The van der Waals surface area contributed by atoms with Crippen molar-refractivity contribution in [2.24, 2.45) is 5.92 Å². The van der Waals surface area contributed by atoms with Gasteiger partial charge in [-0.3, -0.25) is 9.59 Å². The molecule has 1 heterocycles. The van der Waals surface area contributed by atoms with Crippen LogP contribution < -0.4 is 0 Å². The fourth-order valence-electron chi connectivity index (χ4n) is 2.80. The average molecular weight is 240 g/mol. The highest BCUT2D eigenvalue weighted by molar-refractivity contribution is 5.88. The van der Waals surface area contributed by atoms with Gasteiger partial charge < -0.3 is 9.47 Å². The van der Waals surface area contributed by atoms with Crippen molar-refractivity contribution < 1.29 is 19.1 Å². The molecule has 0 N–H and O–H groups in total. The zero-order valence-electron chi connectivity index (χ0n) is 10.3. The van der Waals surface area contributed by atoms with Crippen molar-refractivity contribution >= 4 is 11.8 Å². The number of hydrogen-bond acceptors (Lipinski definition) is 4. The first-order chi connectivity index (χ1) is 8.20. The van der Waals surface area contributed by atoms with Gasteiger partial charge in [0, 0.05) is 6.42 Å². The molecule has 1 saturated carbocycles. The number of carbonyl (C=O) groups excluding carboxylic acids is 2. The fraction of sp³-hybridized carbons (Fsp3) is 0.846. The summed E-state index contributed by atoms with van der Waals surface area (Å²) in [6.07, 6.45) is 4.75. The molecule has 3 atom stereocenters. The molecule has 1 aliphatic carbocycles. The topological polar surface area (TPSA) is 52.6 Å². The summed E-state index contributed by atoms with van der Waals surface area (Å²) < 4.78 is 10.6. The molecule has 17 heavy (non-hydrogen) atoms. The summed E-state index contributed by atoms with van der Waals surface area (Å²) in [6, 6.07) is 0. The first-order valence-corrected chi connectivity index (χ1v) is 6.54. The van der Waals surface area contributed by atoms with Gasteiger partial charge in [-0.15, -0.1) is 0 Å². The van der Waals surface area contributed by atoms with Crippen molar-refractivity contribution in [1.82, 2.24) is 0 Å². The van der Waals surface area contributed by atoms with Crippen molar-refractivity contribution in [3.63, 3.8) is 0 Å². The van der Waals surface area contributed by atoms with E-state index < -0.39 is 6.10 Å². The number of carbonyl (C=O) groups is 2. The smallest absolute Gasteiger partial charge is 0.308 e. The fourth-order valence-corrected chi connectivity index (χ4v) is 2.80. The van der Waals surface area contributed by atoms with Crippen LogP contribution in [-0.4, -0.2) is 30.6 Å². The quantitative estimate of drug-likeness (QED) is 0.706. The number of hydrogen-bond donors (Lipinski definition) is 0. The van der Waals surface area contributed by atoms with Gasteiger partial charge in [0.25, 0.3) is 0 Å². The van der Waals surface area contributed by atoms with E-state index in [0.717, 1.165) is 12.8 Å². The lowest BCUT2D eigenvalue weighted by Crippen LogP contribution is -2.44. The Bertz CT molecular complexity index is 300. The molecule has 0 radical (unpaired) electrons. The molecule has 4 nitrogen and oxygen atoms in total. The van der Waals surface area contributed by atoms with Crippen LogP contribution in [0.25, 0.3) is 0 Å². The molecule has 96 valence electrons. The van der Waals surface area contributed by atoms with E-state index in [2.05, 4.69) is 0 Å². The van der Waals surface area contributed by atoms with Crippen molar-refractivity contribution in [2.75, 3.05) is 6.61 Å². The number of esters is 1. The number of Topliss-reactive ketones (excluding diaryl/α,β-unsaturated/α-hetero) is 1. The molecule has 1 saturated heterocycles. The molecule has 2 rings (SSSR count). The summed E-state index contributed by atoms with van der Waals surface area (Å²) in [4.78, 5) is 23.2. The van der Waals surface area contributed by atoms with E-state index >= 15 is 0 Å². The Hall–Kier alpha value is -0.900. The maximum absolute atomic E-state index is 11.9. The van der Waals surface area contributed by atoms with Crippen LogP contribution in [-0.2, 0) is 19.1 Å². The molecule has 4 heteroatoms. The second kappa shape index (κ2) is 5.63. The molecule has 0 aromatic heterocycles. The zero-order chi connectivity index (χ0) is 12.3. The second-order valence-corrected chi connectivity index (χ2v) is 4.89. The van der Waals surface area contributed by atoms with Crippen molar-refractivity contribution in [1.29, 1.82) is 0 Å². The maximum Gasteiger partial charge on any atom is 0.308 e. The van der Waals surface area contributed by atoms with Gasteiger partial charge in [0.05, 0.1) is 19.1 Å². The van der Waals surface area contributed by atoms with Crippen molar-refractivity contribution in [3.05, 3.63) is 0 Å². The van der Waals surface area contributed by atoms with Gasteiger partial charge in [-0.25, -0.2) is 0 Å². The van der Waals surface area contributed by atoms with E-state index in [1.54, 1.807) is 6.92 Å². The first-order valence-electron chi connectivity index (χ1n) is 6.54. The van der Waals surface area contributed by atoms with E-state index in [9.17, 15) is 9.59 Å². The van der Waals surface area contributed by atoms with E-state index in [0.29, 0.717) is 18.9 Å². The Morgan fingerprint density at radius 3 is 2.94 bits per heavy atom. The lowest BCUT2D eigenvalue weighted by Gasteiger charge is -2.38. The van der Waals surface area contributed by atoms with Crippen LogP contribution in [0.1, 0.15) is 45.4 Å². The molecule has 2 fully saturated rings. The Morgan fingerprint density at radius 1 is 1.41 bits per heavy atom. The maximum atomic E-state index is 11.9. The zero-order valence-corrected chi connectivity index (χ0v) is 10.3. The molecule has 0 unspecified atom stereocenters. The van der Waals surface area contributed by atoms with Crippen molar-refractivity contribution in [2.45, 2.75) is 57.7 Å². The van der Waals surface area contributed by atoms with E-state index in [1.807, 2.05) is 0 Å². The first kappa shape index (κ1) is 12.6. The summed E-state index contributed by atoms with van der Waals surface area (Å²) in [7, 11) is 0. The summed E-state index contributed by atoms with van der Waals surface area (Å²) >= 11 is 0. The van der Waals surface area contributed by atoms with Crippen molar-refractivity contribution in [3.8, 4) is 0 Å². The third kappa shape index (κ3) is 3.06. The van der Waals surface area contributed by atoms with Gasteiger partial charge in [-0.2, -0.15) is 0 Å². The van der Waals surface area contributed by atoms with Gasteiger partial charge in [0.1, 0.15) is 6.10 Å². The third-order valence-electron chi connectivity index (χ3n) is 3.66. The summed E-state index contributed by atoms with van der Waals surface area (Å²) in [6.45, 7) is 2.12. The van der Waals surface area contributed by atoms with Crippen LogP contribution in [0.15, 0.2) is 0 Å². The minimum atomic E-state index is -0.562. The minimum Gasteiger partial charge on any atom is -0.466 e. The summed E-state index contributed by atoms with van der Waals surface area (Å²) in [5, 5.41) is 0.